The fourth-order valence-corrected chi connectivity index (χ4v) is 2.31. The number of nitrogens with one attached hydrogen (secondary N) is 1. The first-order valence-corrected chi connectivity index (χ1v) is 5.62. The number of carbonyl (C=O) groups is 1. The smallest absolute Gasteiger partial charge is 0.323 e. The van der Waals surface area contributed by atoms with Crippen molar-refractivity contribution in [3.05, 3.63) is 22.4 Å². The van der Waals surface area contributed by atoms with Crippen LogP contribution >= 0.6 is 11.3 Å². The van der Waals surface area contributed by atoms with Gasteiger partial charge in [0.15, 0.2) is 0 Å². The Morgan fingerprint density at radius 3 is 2.86 bits per heavy atom. The summed E-state index contributed by atoms with van der Waals surface area (Å²) in [7, 11) is 0. The van der Waals surface area contributed by atoms with Gasteiger partial charge in [-0.15, -0.1) is 11.3 Å². The lowest BCUT2D eigenvalue weighted by Gasteiger charge is -2.38. The van der Waals surface area contributed by atoms with Gasteiger partial charge in [-0.25, -0.2) is 0 Å². The van der Waals surface area contributed by atoms with Gasteiger partial charge in [0.2, 0.25) is 0 Å². The van der Waals surface area contributed by atoms with Crippen molar-refractivity contribution in [1.82, 2.24) is 5.32 Å². The average Bonchev–Trinajstić information content (AvgIpc) is 2.53. The zero-order valence-corrected chi connectivity index (χ0v) is 8.64. The number of thiophene rings is 1. The first-order valence-electron chi connectivity index (χ1n) is 4.74. The third kappa shape index (κ3) is 1.67. The van der Waals surface area contributed by atoms with E-state index in [0.717, 1.165) is 19.3 Å². The molecule has 0 atom stereocenters. The maximum absolute atomic E-state index is 11.0. The van der Waals surface area contributed by atoms with Crippen molar-refractivity contribution in [3.8, 4) is 0 Å². The van der Waals surface area contributed by atoms with Gasteiger partial charge in [-0.1, -0.05) is 6.07 Å². The van der Waals surface area contributed by atoms with Gasteiger partial charge in [-0.2, -0.15) is 0 Å². The van der Waals surface area contributed by atoms with Crippen LogP contribution in [0.4, 0.5) is 0 Å². The van der Waals surface area contributed by atoms with Crippen molar-refractivity contribution in [1.29, 1.82) is 0 Å². The summed E-state index contributed by atoms with van der Waals surface area (Å²) in [5.41, 5.74) is -0.635. The maximum atomic E-state index is 11.0. The van der Waals surface area contributed by atoms with Gasteiger partial charge >= 0.3 is 5.97 Å². The Balaban J connectivity index is 1.93. The molecule has 1 heterocycles. The van der Waals surface area contributed by atoms with Crippen LogP contribution < -0.4 is 5.32 Å². The van der Waals surface area contributed by atoms with E-state index in [2.05, 4.69) is 5.32 Å². The van der Waals surface area contributed by atoms with Crippen LogP contribution in [-0.2, 0) is 11.3 Å². The van der Waals surface area contributed by atoms with Crippen LogP contribution in [-0.4, -0.2) is 16.6 Å². The SMILES string of the molecule is O=C(O)C1(NCc2cccs2)CCC1. The number of hydrogen-bond acceptors (Lipinski definition) is 3. The Morgan fingerprint density at radius 2 is 2.43 bits per heavy atom. The van der Waals surface area contributed by atoms with Crippen molar-refractivity contribution in [3.63, 3.8) is 0 Å². The molecular formula is C10H13NO2S. The van der Waals surface area contributed by atoms with Crippen molar-refractivity contribution in [2.45, 2.75) is 31.3 Å². The van der Waals surface area contributed by atoms with Crippen molar-refractivity contribution in [2.24, 2.45) is 0 Å². The van der Waals surface area contributed by atoms with Gasteiger partial charge in [0.05, 0.1) is 0 Å². The molecule has 1 aliphatic rings. The minimum Gasteiger partial charge on any atom is -0.480 e. The average molecular weight is 211 g/mol. The molecule has 0 amide bonds. The van der Waals surface area contributed by atoms with Gasteiger partial charge < -0.3 is 5.11 Å². The van der Waals surface area contributed by atoms with Gasteiger partial charge in [-0.3, -0.25) is 10.1 Å². The monoisotopic (exact) mass is 211 g/mol. The summed E-state index contributed by atoms with van der Waals surface area (Å²) >= 11 is 1.65. The standard InChI is InChI=1S/C10H13NO2S/c12-9(13)10(4-2-5-10)11-7-8-3-1-6-14-8/h1,3,6,11H,2,4-5,7H2,(H,12,13). The topological polar surface area (TPSA) is 49.3 Å². The molecule has 1 aliphatic carbocycles. The zero-order chi connectivity index (χ0) is 10.0. The molecule has 0 aromatic carbocycles. The minimum absolute atomic E-state index is 0.635. The van der Waals surface area contributed by atoms with E-state index < -0.39 is 11.5 Å². The molecular weight excluding hydrogens is 198 g/mol. The molecule has 1 aromatic heterocycles. The summed E-state index contributed by atoms with van der Waals surface area (Å²) in [5, 5.41) is 14.2. The van der Waals surface area contributed by atoms with Crippen LogP contribution in [0, 0.1) is 0 Å². The predicted octanol–water partition coefficient (Wildman–Crippen LogP) is 1.84. The highest BCUT2D eigenvalue weighted by Crippen LogP contribution is 2.32. The molecule has 0 unspecified atom stereocenters. The quantitative estimate of drug-likeness (QED) is 0.799. The van der Waals surface area contributed by atoms with E-state index in [0.29, 0.717) is 6.54 Å². The summed E-state index contributed by atoms with van der Waals surface area (Å²) in [5.74, 6) is -0.708. The second kappa shape index (κ2) is 3.71. The molecule has 0 radical (unpaired) electrons. The van der Waals surface area contributed by atoms with Gasteiger partial charge in [-0.05, 0) is 30.7 Å². The number of carboxylic acid groups (broad SMARTS) is 1. The van der Waals surface area contributed by atoms with Crippen LogP contribution in [0.1, 0.15) is 24.1 Å². The fraction of sp³-hybridized carbons (Fsp3) is 0.500. The first-order chi connectivity index (χ1) is 6.73. The molecule has 3 nitrogen and oxygen atoms in total. The molecule has 0 bridgehead atoms. The van der Waals surface area contributed by atoms with Crippen LogP contribution in [0.5, 0.6) is 0 Å². The molecule has 0 spiro atoms. The molecule has 2 rings (SSSR count). The third-order valence-electron chi connectivity index (χ3n) is 2.80. The van der Waals surface area contributed by atoms with Gasteiger partial charge in [0.25, 0.3) is 0 Å². The second-order valence-corrected chi connectivity index (χ2v) is 4.71. The summed E-state index contributed by atoms with van der Waals surface area (Å²) < 4.78 is 0. The molecule has 1 aromatic rings. The third-order valence-corrected chi connectivity index (χ3v) is 3.67. The van der Waals surface area contributed by atoms with Crippen molar-refractivity contribution in [2.75, 3.05) is 0 Å². The van der Waals surface area contributed by atoms with E-state index in [1.807, 2.05) is 17.5 Å². The lowest BCUT2D eigenvalue weighted by atomic mass is 9.77. The molecule has 1 saturated carbocycles. The first kappa shape index (κ1) is 9.68. The summed E-state index contributed by atoms with van der Waals surface area (Å²) in [6.45, 7) is 0.671. The Hall–Kier alpha value is -0.870. The molecule has 0 aliphatic heterocycles. The summed E-state index contributed by atoms with van der Waals surface area (Å²) in [4.78, 5) is 12.2. The molecule has 0 saturated heterocycles. The Labute approximate surface area is 86.8 Å². The van der Waals surface area contributed by atoms with Crippen molar-refractivity contribution < 1.29 is 9.90 Å². The molecule has 4 heteroatoms. The van der Waals surface area contributed by atoms with Crippen LogP contribution in [0.25, 0.3) is 0 Å². The van der Waals surface area contributed by atoms with Gasteiger partial charge in [0.1, 0.15) is 5.54 Å². The Bertz CT molecular complexity index is 317. The number of hydrogen-bond donors (Lipinski definition) is 2. The minimum atomic E-state index is -0.708. The van der Waals surface area contributed by atoms with Crippen LogP contribution in [0.15, 0.2) is 17.5 Å². The molecule has 1 fully saturated rings. The lowest BCUT2D eigenvalue weighted by molar-refractivity contribution is -0.148. The summed E-state index contributed by atoms with van der Waals surface area (Å²) in [6.07, 6.45) is 2.53. The largest absolute Gasteiger partial charge is 0.480 e. The lowest BCUT2D eigenvalue weighted by Crippen LogP contribution is -2.56. The van der Waals surface area contributed by atoms with E-state index in [1.165, 1.54) is 4.88 Å². The maximum Gasteiger partial charge on any atom is 0.323 e. The van der Waals surface area contributed by atoms with Gasteiger partial charge in [0, 0.05) is 11.4 Å². The molecule has 76 valence electrons. The van der Waals surface area contributed by atoms with E-state index >= 15 is 0 Å². The van der Waals surface area contributed by atoms with E-state index in [4.69, 9.17) is 5.11 Å². The Morgan fingerprint density at radius 1 is 1.64 bits per heavy atom. The highest BCUT2D eigenvalue weighted by atomic mass is 32.1. The Kier molecular flexibility index (Phi) is 2.56. The fourth-order valence-electron chi connectivity index (χ4n) is 1.67. The number of aliphatic carboxylic acids is 1. The number of rotatable bonds is 4. The van der Waals surface area contributed by atoms with E-state index in [9.17, 15) is 4.79 Å². The summed E-state index contributed by atoms with van der Waals surface area (Å²) in [6, 6.07) is 4.00. The van der Waals surface area contributed by atoms with E-state index in [-0.39, 0.29) is 0 Å². The highest BCUT2D eigenvalue weighted by Gasteiger charge is 2.43. The van der Waals surface area contributed by atoms with E-state index in [1.54, 1.807) is 11.3 Å². The van der Waals surface area contributed by atoms with Crippen LogP contribution in [0.2, 0.25) is 0 Å². The van der Waals surface area contributed by atoms with Crippen LogP contribution in [0.3, 0.4) is 0 Å². The highest BCUT2D eigenvalue weighted by molar-refractivity contribution is 7.09. The normalized spacial score (nSPS) is 18.9. The second-order valence-electron chi connectivity index (χ2n) is 3.67. The molecule has 14 heavy (non-hydrogen) atoms. The molecule has 2 N–H and O–H groups in total. The zero-order valence-electron chi connectivity index (χ0n) is 7.82. The van der Waals surface area contributed by atoms with Crippen molar-refractivity contribution >= 4 is 17.3 Å². The predicted molar refractivity (Wildman–Crippen MR) is 55.4 cm³/mol. The number of carboxylic acids is 1.